The maximum atomic E-state index is 5.41. The van der Waals surface area contributed by atoms with Crippen LogP contribution in [0.4, 0.5) is 11.9 Å². The monoisotopic (exact) mass is 266 g/mol. The Labute approximate surface area is 113 Å². The Kier molecular flexibility index (Phi) is 5.14. The normalized spacial score (nSPS) is 15.5. The van der Waals surface area contributed by atoms with Gasteiger partial charge in [0.2, 0.25) is 11.9 Å². The van der Waals surface area contributed by atoms with E-state index in [-0.39, 0.29) is 0 Å². The molecule has 0 radical (unpaired) electrons. The summed E-state index contributed by atoms with van der Waals surface area (Å²) in [5.74, 6) is 6.89. The first-order valence-electron chi connectivity index (χ1n) is 6.91. The van der Waals surface area contributed by atoms with E-state index < -0.39 is 0 Å². The van der Waals surface area contributed by atoms with E-state index >= 15 is 0 Å². The van der Waals surface area contributed by atoms with E-state index in [0.29, 0.717) is 30.4 Å². The number of nitrogens with two attached hydrogens (primary N) is 1. The van der Waals surface area contributed by atoms with Crippen molar-refractivity contribution in [3.63, 3.8) is 0 Å². The van der Waals surface area contributed by atoms with Crippen LogP contribution in [0.2, 0.25) is 0 Å². The first-order chi connectivity index (χ1) is 9.31. The Balaban J connectivity index is 1.96. The number of hydrazine groups is 1. The summed E-state index contributed by atoms with van der Waals surface area (Å²) >= 11 is 0. The Morgan fingerprint density at radius 2 is 1.95 bits per heavy atom. The summed E-state index contributed by atoms with van der Waals surface area (Å²) in [7, 11) is 0. The molecule has 1 aromatic heterocycles. The van der Waals surface area contributed by atoms with E-state index in [1.54, 1.807) is 0 Å². The fourth-order valence-corrected chi connectivity index (χ4v) is 2.21. The number of ether oxygens (including phenoxy) is 1. The number of hydrogen-bond acceptors (Lipinski definition) is 7. The lowest BCUT2D eigenvalue weighted by Crippen LogP contribution is -2.17. The predicted octanol–water partition coefficient (Wildman–Crippen LogP) is 1.55. The molecule has 1 aromatic rings. The maximum Gasteiger partial charge on any atom is 0.323 e. The molecule has 1 heterocycles. The van der Waals surface area contributed by atoms with Crippen molar-refractivity contribution in [3.05, 3.63) is 0 Å². The highest BCUT2D eigenvalue weighted by Gasteiger charge is 2.15. The summed E-state index contributed by atoms with van der Waals surface area (Å²) in [6.45, 7) is 3.50. The highest BCUT2D eigenvalue weighted by Crippen LogP contribution is 2.24. The van der Waals surface area contributed by atoms with Gasteiger partial charge in [-0.05, 0) is 25.2 Å². The zero-order valence-electron chi connectivity index (χ0n) is 11.4. The number of rotatable bonds is 7. The van der Waals surface area contributed by atoms with E-state index in [4.69, 9.17) is 10.6 Å². The van der Waals surface area contributed by atoms with Gasteiger partial charge in [-0.1, -0.05) is 19.8 Å². The molecule has 0 amide bonds. The number of nitrogen functional groups attached to an aromatic ring is 1. The average Bonchev–Trinajstić information content (AvgIpc) is 2.96. The first-order valence-corrected chi connectivity index (χ1v) is 6.91. The summed E-state index contributed by atoms with van der Waals surface area (Å²) in [4.78, 5) is 12.4. The van der Waals surface area contributed by atoms with Gasteiger partial charge in [-0.3, -0.25) is 5.43 Å². The predicted molar refractivity (Wildman–Crippen MR) is 73.9 cm³/mol. The zero-order valence-corrected chi connectivity index (χ0v) is 11.4. The van der Waals surface area contributed by atoms with Gasteiger partial charge >= 0.3 is 6.01 Å². The number of nitrogens with one attached hydrogen (secondary N) is 2. The van der Waals surface area contributed by atoms with E-state index in [0.717, 1.165) is 13.0 Å². The van der Waals surface area contributed by atoms with E-state index in [1.165, 1.54) is 25.7 Å². The third-order valence-corrected chi connectivity index (χ3v) is 3.20. The second-order valence-electron chi connectivity index (χ2n) is 4.79. The fraction of sp³-hybridized carbons (Fsp3) is 0.750. The van der Waals surface area contributed by atoms with Crippen LogP contribution in [0.15, 0.2) is 0 Å². The van der Waals surface area contributed by atoms with Gasteiger partial charge in [-0.25, -0.2) is 5.84 Å². The van der Waals surface area contributed by atoms with Crippen LogP contribution in [0.25, 0.3) is 0 Å². The molecule has 2 rings (SSSR count). The SMILES string of the molecule is CCCOc1nc(NN)nc(NCC2CCCC2)n1. The third-order valence-electron chi connectivity index (χ3n) is 3.20. The van der Waals surface area contributed by atoms with E-state index in [1.807, 2.05) is 6.92 Å². The van der Waals surface area contributed by atoms with Crippen molar-refractivity contribution in [1.29, 1.82) is 0 Å². The molecule has 0 saturated heterocycles. The second kappa shape index (κ2) is 7.08. The molecule has 0 bridgehead atoms. The molecule has 0 unspecified atom stereocenters. The van der Waals surface area contributed by atoms with Gasteiger partial charge < -0.3 is 10.1 Å². The van der Waals surface area contributed by atoms with Crippen molar-refractivity contribution in [2.24, 2.45) is 11.8 Å². The minimum Gasteiger partial charge on any atom is -0.463 e. The van der Waals surface area contributed by atoms with Gasteiger partial charge in [0.05, 0.1) is 6.61 Å². The smallest absolute Gasteiger partial charge is 0.323 e. The molecule has 1 saturated carbocycles. The summed E-state index contributed by atoms with van der Waals surface area (Å²) in [6, 6.07) is 0.304. The average molecular weight is 266 g/mol. The van der Waals surface area contributed by atoms with Gasteiger partial charge in [0.25, 0.3) is 0 Å². The van der Waals surface area contributed by atoms with Crippen LogP contribution >= 0.6 is 0 Å². The van der Waals surface area contributed by atoms with Crippen LogP contribution in [-0.4, -0.2) is 28.1 Å². The molecule has 19 heavy (non-hydrogen) atoms. The number of hydrogen-bond donors (Lipinski definition) is 3. The van der Waals surface area contributed by atoms with Crippen LogP contribution < -0.4 is 21.3 Å². The molecule has 4 N–H and O–H groups in total. The van der Waals surface area contributed by atoms with Gasteiger partial charge in [0.15, 0.2) is 0 Å². The van der Waals surface area contributed by atoms with Gasteiger partial charge in [0, 0.05) is 6.54 Å². The molecule has 0 aromatic carbocycles. The van der Waals surface area contributed by atoms with Crippen molar-refractivity contribution in [3.8, 4) is 6.01 Å². The lowest BCUT2D eigenvalue weighted by Gasteiger charge is -2.12. The van der Waals surface area contributed by atoms with Crippen molar-refractivity contribution in [1.82, 2.24) is 15.0 Å². The maximum absolute atomic E-state index is 5.41. The summed E-state index contributed by atoms with van der Waals surface area (Å²) < 4.78 is 5.41. The van der Waals surface area contributed by atoms with Crippen LogP contribution in [0.1, 0.15) is 39.0 Å². The van der Waals surface area contributed by atoms with Crippen molar-refractivity contribution >= 4 is 11.9 Å². The molecule has 1 aliphatic carbocycles. The van der Waals surface area contributed by atoms with Crippen molar-refractivity contribution in [2.45, 2.75) is 39.0 Å². The summed E-state index contributed by atoms with van der Waals surface area (Å²) in [6.07, 6.45) is 6.11. The van der Waals surface area contributed by atoms with Gasteiger partial charge in [-0.2, -0.15) is 15.0 Å². The van der Waals surface area contributed by atoms with Crippen LogP contribution in [0.3, 0.4) is 0 Å². The first kappa shape index (κ1) is 13.8. The topological polar surface area (TPSA) is 98.0 Å². The molecule has 0 aliphatic heterocycles. The lowest BCUT2D eigenvalue weighted by atomic mass is 10.1. The number of anilines is 2. The molecule has 7 heteroatoms. The van der Waals surface area contributed by atoms with Gasteiger partial charge in [-0.15, -0.1) is 0 Å². The summed E-state index contributed by atoms with van der Waals surface area (Å²) in [5, 5.41) is 3.24. The Morgan fingerprint density at radius 3 is 2.63 bits per heavy atom. The van der Waals surface area contributed by atoms with Crippen LogP contribution in [0, 0.1) is 5.92 Å². The molecule has 1 aliphatic rings. The summed E-state index contributed by atoms with van der Waals surface area (Å²) in [5.41, 5.74) is 2.43. The van der Waals surface area contributed by atoms with E-state index in [9.17, 15) is 0 Å². The molecular formula is C12H22N6O. The quantitative estimate of drug-likeness (QED) is 0.508. The minimum absolute atomic E-state index is 0.304. The molecule has 0 atom stereocenters. The lowest BCUT2D eigenvalue weighted by molar-refractivity contribution is 0.292. The Morgan fingerprint density at radius 1 is 1.21 bits per heavy atom. The zero-order chi connectivity index (χ0) is 13.5. The molecular weight excluding hydrogens is 244 g/mol. The van der Waals surface area contributed by atoms with Crippen molar-refractivity contribution < 1.29 is 4.74 Å². The molecule has 0 spiro atoms. The van der Waals surface area contributed by atoms with Gasteiger partial charge in [0.1, 0.15) is 0 Å². The minimum atomic E-state index is 0.304. The van der Waals surface area contributed by atoms with E-state index in [2.05, 4.69) is 25.7 Å². The molecule has 1 fully saturated rings. The fourth-order valence-electron chi connectivity index (χ4n) is 2.21. The standard InChI is InChI=1S/C12H22N6O/c1-2-7-19-12-16-10(15-11(17-12)18-13)14-8-9-5-3-4-6-9/h9H,2-8,13H2,1H3,(H2,14,15,16,17,18). The second-order valence-corrected chi connectivity index (χ2v) is 4.79. The highest BCUT2D eigenvalue weighted by molar-refractivity contribution is 5.34. The molecule has 7 nitrogen and oxygen atoms in total. The third kappa shape index (κ3) is 4.20. The Bertz CT molecular complexity index is 394. The number of nitrogens with zero attached hydrogens (tertiary/aromatic N) is 3. The number of aromatic nitrogens is 3. The molecule has 106 valence electrons. The largest absolute Gasteiger partial charge is 0.463 e. The van der Waals surface area contributed by atoms with Crippen LogP contribution in [-0.2, 0) is 0 Å². The Hall–Kier alpha value is -1.63. The van der Waals surface area contributed by atoms with Crippen LogP contribution in [0.5, 0.6) is 6.01 Å². The highest BCUT2D eigenvalue weighted by atomic mass is 16.5. The van der Waals surface area contributed by atoms with Crippen molar-refractivity contribution in [2.75, 3.05) is 23.9 Å².